The molecule has 1 atom stereocenters. The third-order valence-corrected chi connectivity index (χ3v) is 5.43. The van der Waals surface area contributed by atoms with Gasteiger partial charge < -0.3 is 20.6 Å². The summed E-state index contributed by atoms with van der Waals surface area (Å²) >= 11 is 0. The number of H-pyrrole nitrogens is 1. The lowest BCUT2D eigenvalue weighted by Gasteiger charge is -2.19. The Morgan fingerprint density at radius 3 is 3.11 bits per heavy atom. The fraction of sp³-hybridized carbons (Fsp3) is 0.286. The van der Waals surface area contributed by atoms with Gasteiger partial charge in [0.25, 0.3) is 0 Å². The number of aryl methyl sites for hydroxylation is 1. The van der Waals surface area contributed by atoms with Crippen LogP contribution in [0, 0.1) is 6.92 Å². The van der Waals surface area contributed by atoms with Crippen LogP contribution in [0.1, 0.15) is 34.3 Å². The summed E-state index contributed by atoms with van der Waals surface area (Å²) in [6.07, 6.45) is 5.49. The molecule has 1 aliphatic rings. The normalized spacial score (nSPS) is 14.9. The van der Waals surface area contributed by atoms with Crippen molar-refractivity contribution in [2.75, 3.05) is 6.54 Å². The Bertz CT molecular complexity index is 1140. The van der Waals surface area contributed by atoms with Gasteiger partial charge in [0.05, 0.1) is 6.04 Å². The molecular weight excluding hydrogens is 352 g/mol. The number of aromatic nitrogens is 4. The third-order valence-electron chi connectivity index (χ3n) is 5.43. The van der Waals surface area contributed by atoms with Gasteiger partial charge in [-0.25, -0.2) is 0 Å². The summed E-state index contributed by atoms with van der Waals surface area (Å²) in [7, 11) is 0. The number of nitrogens with zero attached hydrogens (tertiary/aromatic N) is 3. The fourth-order valence-electron chi connectivity index (χ4n) is 3.98. The average Bonchev–Trinajstić information content (AvgIpc) is 3.36. The largest absolute Gasteiger partial charge is 0.361 e. The zero-order valence-corrected chi connectivity index (χ0v) is 15.7. The SMILES string of the molecule is Cc1ncc2c(c1-c1noc([C@H](N)Cc3c[nH]c4ccccc34)n1)CCNC2. The van der Waals surface area contributed by atoms with Crippen LogP contribution in [-0.4, -0.2) is 26.7 Å². The molecule has 0 fully saturated rings. The number of nitrogens with two attached hydrogens (primary N) is 1. The number of nitrogens with one attached hydrogen (secondary N) is 2. The Morgan fingerprint density at radius 2 is 2.18 bits per heavy atom. The quantitative estimate of drug-likeness (QED) is 0.507. The second-order valence-corrected chi connectivity index (χ2v) is 7.28. The van der Waals surface area contributed by atoms with Crippen LogP contribution < -0.4 is 11.1 Å². The van der Waals surface area contributed by atoms with E-state index in [1.54, 1.807) is 0 Å². The van der Waals surface area contributed by atoms with Gasteiger partial charge in [0.15, 0.2) is 0 Å². The molecule has 0 saturated heterocycles. The first-order valence-corrected chi connectivity index (χ1v) is 9.53. The standard InChI is InChI=1S/C21H22N6O/c1-12-19(16-6-7-23-9-14(16)11-24-12)20-26-21(28-27-20)17(22)8-13-10-25-18-5-3-2-4-15(13)18/h2-5,10-11,17,23,25H,6-9,22H2,1H3/t17-/m1/s1. The molecular formula is C21H22N6O. The van der Waals surface area contributed by atoms with Crippen LogP contribution in [0.4, 0.5) is 0 Å². The Hall–Kier alpha value is -3.03. The molecule has 4 N–H and O–H groups in total. The molecule has 4 heterocycles. The summed E-state index contributed by atoms with van der Waals surface area (Å²) in [6.45, 7) is 3.74. The molecule has 4 aromatic rings. The second kappa shape index (κ2) is 6.85. The van der Waals surface area contributed by atoms with Gasteiger partial charge in [0.1, 0.15) is 0 Å². The number of fused-ring (bicyclic) bond motifs is 2. The first-order valence-electron chi connectivity index (χ1n) is 9.53. The lowest BCUT2D eigenvalue weighted by atomic mass is 9.95. The predicted octanol–water partition coefficient (Wildman–Crippen LogP) is 2.81. The van der Waals surface area contributed by atoms with Crippen molar-refractivity contribution in [2.45, 2.75) is 32.4 Å². The van der Waals surface area contributed by atoms with Crippen LogP contribution in [-0.2, 0) is 19.4 Å². The van der Waals surface area contributed by atoms with Gasteiger partial charge >= 0.3 is 0 Å². The van der Waals surface area contributed by atoms with E-state index in [9.17, 15) is 0 Å². The summed E-state index contributed by atoms with van der Waals surface area (Å²) in [4.78, 5) is 12.4. The third kappa shape index (κ3) is 2.89. The highest BCUT2D eigenvalue weighted by atomic mass is 16.5. The molecule has 7 nitrogen and oxygen atoms in total. The summed E-state index contributed by atoms with van der Waals surface area (Å²) in [5.74, 6) is 1.03. The minimum atomic E-state index is -0.366. The fourth-order valence-corrected chi connectivity index (χ4v) is 3.98. The van der Waals surface area contributed by atoms with Crippen LogP contribution in [0.25, 0.3) is 22.3 Å². The van der Waals surface area contributed by atoms with Crippen molar-refractivity contribution in [2.24, 2.45) is 5.73 Å². The maximum atomic E-state index is 6.41. The Kier molecular flexibility index (Phi) is 4.18. The zero-order chi connectivity index (χ0) is 19.1. The van der Waals surface area contributed by atoms with E-state index >= 15 is 0 Å². The minimum absolute atomic E-state index is 0.366. The van der Waals surface area contributed by atoms with E-state index in [1.165, 1.54) is 16.5 Å². The van der Waals surface area contributed by atoms with Gasteiger partial charge in [-0.3, -0.25) is 4.98 Å². The monoisotopic (exact) mass is 374 g/mol. The van der Waals surface area contributed by atoms with E-state index in [2.05, 4.69) is 37.6 Å². The van der Waals surface area contributed by atoms with Crippen LogP contribution >= 0.6 is 0 Å². The van der Waals surface area contributed by atoms with E-state index in [4.69, 9.17) is 10.3 Å². The molecule has 0 amide bonds. The zero-order valence-electron chi connectivity index (χ0n) is 15.7. The molecule has 5 rings (SSSR count). The van der Waals surface area contributed by atoms with Gasteiger partial charge in [-0.15, -0.1) is 0 Å². The van der Waals surface area contributed by atoms with E-state index < -0.39 is 0 Å². The Morgan fingerprint density at radius 1 is 1.29 bits per heavy atom. The predicted molar refractivity (Wildman–Crippen MR) is 107 cm³/mol. The number of rotatable bonds is 4. The molecule has 7 heteroatoms. The number of benzene rings is 1. The van der Waals surface area contributed by atoms with Gasteiger partial charge in [0, 0.05) is 41.1 Å². The molecule has 1 aromatic carbocycles. The van der Waals surface area contributed by atoms with E-state index in [0.717, 1.165) is 41.8 Å². The topological polar surface area (TPSA) is 106 Å². The molecule has 0 unspecified atom stereocenters. The van der Waals surface area contributed by atoms with E-state index in [0.29, 0.717) is 18.1 Å². The summed E-state index contributed by atoms with van der Waals surface area (Å²) in [5, 5.41) is 8.78. The van der Waals surface area contributed by atoms with Crippen molar-refractivity contribution in [3.8, 4) is 11.4 Å². The van der Waals surface area contributed by atoms with Gasteiger partial charge in [0.2, 0.25) is 11.7 Å². The number of hydrogen-bond donors (Lipinski definition) is 3. The smallest absolute Gasteiger partial charge is 0.244 e. The lowest BCUT2D eigenvalue weighted by Crippen LogP contribution is -2.24. The first-order chi connectivity index (χ1) is 13.7. The molecule has 0 saturated carbocycles. The van der Waals surface area contributed by atoms with Gasteiger partial charge in [-0.2, -0.15) is 4.98 Å². The van der Waals surface area contributed by atoms with Crippen molar-refractivity contribution in [1.82, 2.24) is 25.4 Å². The summed E-state index contributed by atoms with van der Waals surface area (Å²) in [6, 6.07) is 7.82. The summed E-state index contributed by atoms with van der Waals surface area (Å²) in [5.41, 5.74) is 13.0. The van der Waals surface area contributed by atoms with Gasteiger partial charge in [-0.1, -0.05) is 23.4 Å². The number of pyridine rings is 1. The average molecular weight is 374 g/mol. The number of para-hydroxylation sites is 1. The second-order valence-electron chi connectivity index (χ2n) is 7.28. The minimum Gasteiger partial charge on any atom is -0.361 e. The van der Waals surface area contributed by atoms with Crippen LogP contribution in [0.15, 0.2) is 41.2 Å². The Labute approximate surface area is 162 Å². The maximum absolute atomic E-state index is 6.41. The Balaban J connectivity index is 1.45. The van der Waals surface area contributed by atoms with Gasteiger partial charge in [-0.05, 0) is 49.1 Å². The van der Waals surface area contributed by atoms with E-state index in [-0.39, 0.29) is 6.04 Å². The number of aromatic amines is 1. The van der Waals surface area contributed by atoms with Crippen molar-refractivity contribution in [1.29, 1.82) is 0 Å². The number of hydrogen-bond acceptors (Lipinski definition) is 6. The van der Waals surface area contributed by atoms with Crippen LogP contribution in [0.3, 0.4) is 0 Å². The molecule has 142 valence electrons. The molecule has 28 heavy (non-hydrogen) atoms. The van der Waals surface area contributed by atoms with Crippen molar-refractivity contribution < 1.29 is 4.52 Å². The maximum Gasteiger partial charge on any atom is 0.244 e. The molecule has 3 aromatic heterocycles. The summed E-state index contributed by atoms with van der Waals surface area (Å²) < 4.78 is 5.55. The molecule has 0 spiro atoms. The van der Waals surface area contributed by atoms with Crippen LogP contribution in [0.5, 0.6) is 0 Å². The molecule has 1 aliphatic heterocycles. The van der Waals surface area contributed by atoms with Crippen molar-refractivity contribution >= 4 is 10.9 Å². The van der Waals surface area contributed by atoms with Crippen molar-refractivity contribution in [3.05, 3.63) is 64.9 Å². The molecule has 0 bridgehead atoms. The van der Waals surface area contributed by atoms with E-state index in [1.807, 2.05) is 31.5 Å². The highest BCUT2D eigenvalue weighted by Gasteiger charge is 2.23. The molecule has 0 radical (unpaired) electrons. The first kappa shape index (κ1) is 17.1. The lowest BCUT2D eigenvalue weighted by molar-refractivity contribution is 0.354. The highest BCUT2D eigenvalue weighted by molar-refractivity contribution is 5.83. The van der Waals surface area contributed by atoms with Crippen LogP contribution in [0.2, 0.25) is 0 Å². The highest BCUT2D eigenvalue weighted by Crippen LogP contribution is 2.30. The molecule has 0 aliphatic carbocycles. The van der Waals surface area contributed by atoms with Crippen molar-refractivity contribution in [3.63, 3.8) is 0 Å².